The number of hydrogen-bond donors (Lipinski definition) is 0. The zero-order valence-electron chi connectivity index (χ0n) is 19.9. The highest BCUT2D eigenvalue weighted by Crippen LogP contribution is 2.24. The van der Waals surface area contributed by atoms with Crippen LogP contribution in [-0.4, -0.2) is 36.6 Å². The predicted octanol–water partition coefficient (Wildman–Crippen LogP) is 5.01. The molecule has 0 spiro atoms. The quantitative estimate of drug-likeness (QED) is 0.292. The van der Waals surface area contributed by atoms with Gasteiger partial charge in [0.25, 0.3) is 5.56 Å². The number of carbonyl (C=O) groups is 1. The highest BCUT2D eigenvalue weighted by molar-refractivity contribution is 7.99. The van der Waals surface area contributed by atoms with Crippen molar-refractivity contribution >= 4 is 28.6 Å². The van der Waals surface area contributed by atoms with E-state index in [4.69, 9.17) is 4.98 Å². The van der Waals surface area contributed by atoms with Crippen LogP contribution in [0.5, 0.6) is 0 Å². The van der Waals surface area contributed by atoms with Gasteiger partial charge in [0.2, 0.25) is 5.91 Å². The van der Waals surface area contributed by atoms with Gasteiger partial charge in [-0.3, -0.25) is 9.59 Å². The van der Waals surface area contributed by atoms with Crippen LogP contribution >= 0.6 is 11.8 Å². The number of para-hydroxylation sites is 1. The number of nitrogens with zero attached hydrogens (tertiary/aromatic N) is 4. The monoisotopic (exact) mass is 472 g/mol. The Morgan fingerprint density at radius 1 is 1.00 bits per heavy atom. The lowest BCUT2D eigenvalue weighted by Gasteiger charge is -2.36. The summed E-state index contributed by atoms with van der Waals surface area (Å²) in [5.74, 6) is 0.619. The van der Waals surface area contributed by atoms with Gasteiger partial charge in [-0.15, -0.1) is 0 Å². The molecule has 0 bridgehead atoms. The van der Waals surface area contributed by atoms with Gasteiger partial charge < -0.3 is 4.90 Å². The summed E-state index contributed by atoms with van der Waals surface area (Å²) in [5.41, 5.74) is 2.11. The SMILES string of the molecule is Cc1ccc(-n2c(SCC(=O)N(Cc3ccccc3)C(C)(C)C)nc3ccccc3c2=O)nc1. The summed E-state index contributed by atoms with van der Waals surface area (Å²) in [6.07, 6.45) is 1.72. The molecule has 0 unspecified atom stereocenters. The second kappa shape index (κ2) is 9.81. The molecule has 0 aliphatic carbocycles. The summed E-state index contributed by atoms with van der Waals surface area (Å²) in [7, 11) is 0. The number of rotatable bonds is 6. The maximum atomic E-state index is 13.4. The maximum absolute atomic E-state index is 13.4. The molecule has 174 valence electrons. The Bertz CT molecular complexity index is 1360. The number of aromatic nitrogens is 3. The Balaban J connectivity index is 1.68. The van der Waals surface area contributed by atoms with E-state index in [9.17, 15) is 9.59 Å². The van der Waals surface area contributed by atoms with Gasteiger partial charge in [-0.05, 0) is 57.0 Å². The average molecular weight is 473 g/mol. The zero-order chi connectivity index (χ0) is 24.3. The van der Waals surface area contributed by atoms with Crippen LogP contribution in [0.25, 0.3) is 16.7 Å². The van der Waals surface area contributed by atoms with E-state index in [2.05, 4.69) is 4.98 Å². The van der Waals surface area contributed by atoms with E-state index in [0.717, 1.165) is 11.1 Å². The molecule has 34 heavy (non-hydrogen) atoms. The minimum atomic E-state index is -0.359. The Hall–Kier alpha value is -3.45. The molecule has 2 aromatic heterocycles. The average Bonchev–Trinajstić information content (AvgIpc) is 2.82. The van der Waals surface area contributed by atoms with Crippen molar-refractivity contribution in [3.05, 3.63) is 94.4 Å². The van der Waals surface area contributed by atoms with Crippen molar-refractivity contribution in [2.45, 2.75) is 44.9 Å². The Morgan fingerprint density at radius 2 is 1.71 bits per heavy atom. The maximum Gasteiger partial charge on any atom is 0.267 e. The minimum Gasteiger partial charge on any atom is -0.333 e. The molecule has 7 heteroatoms. The molecule has 4 aromatic rings. The molecular weight excluding hydrogens is 444 g/mol. The van der Waals surface area contributed by atoms with Crippen molar-refractivity contribution in [1.29, 1.82) is 0 Å². The summed E-state index contributed by atoms with van der Waals surface area (Å²) in [5, 5.41) is 0.961. The van der Waals surface area contributed by atoms with Crippen LogP contribution in [0.3, 0.4) is 0 Å². The number of hydrogen-bond acceptors (Lipinski definition) is 5. The van der Waals surface area contributed by atoms with Crippen molar-refractivity contribution in [2.75, 3.05) is 5.75 Å². The van der Waals surface area contributed by atoms with Gasteiger partial charge in [-0.25, -0.2) is 14.5 Å². The number of amides is 1. The molecular formula is C27H28N4O2S. The van der Waals surface area contributed by atoms with E-state index in [-0.39, 0.29) is 22.8 Å². The van der Waals surface area contributed by atoms with Gasteiger partial charge >= 0.3 is 0 Å². The van der Waals surface area contributed by atoms with Gasteiger partial charge in [-0.2, -0.15) is 0 Å². The van der Waals surface area contributed by atoms with Crippen molar-refractivity contribution in [3.8, 4) is 5.82 Å². The lowest BCUT2D eigenvalue weighted by Crippen LogP contribution is -2.46. The molecule has 2 heterocycles. The molecule has 0 aliphatic rings. The standard InChI is InChI=1S/C27H28N4O2S/c1-19-14-15-23(28-16-19)31-25(33)21-12-8-9-13-22(21)29-26(31)34-18-24(32)30(27(2,3)4)17-20-10-6-5-7-11-20/h5-16H,17-18H2,1-4H3. The molecule has 0 fully saturated rings. The third-order valence-electron chi connectivity index (χ3n) is 5.49. The summed E-state index contributed by atoms with van der Waals surface area (Å²) in [6.45, 7) is 8.54. The predicted molar refractivity (Wildman–Crippen MR) is 137 cm³/mol. The molecule has 2 aromatic carbocycles. The highest BCUT2D eigenvalue weighted by Gasteiger charge is 2.27. The number of fused-ring (bicyclic) bond motifs is 1. The number of carbonyl (C=O) groups excluding carboxylic acids is 1. The smallest absolute Gasteiger partial charge is 0.267 e. The van der Waals surface area contributed by atoms with Gasteiger partial charge in [0.15, 0.2) is 5.16 Å². The first-order valence-corrected chi connectivity index (χ1v) is 12.1. The lowest BCUT2D eigenvalue weighted by atomic mass is 10.0. The molecule has 0 saturated carbocycles. The van der Waals surface area contributed by atoms with E-state index in [1.165, 1.54) is 16.3 Å². The van der Waals surface area contributed by atoms with Crippen molar-refractivity contribution in [2.24, 2.45) is 0 Å². The van der Waals surface area contributed by atoms with Gasteiger partial charge in [0.05, 0.1) is 16.7 Å². The topological polar surface area (TPSA) is 68.1 Å². The summed E-state index contributed by atoms with van der Waals surface area (Å²) < 4.78 is 1.50. The largest absolute Gasteiger partial charge is 0.333 e. The van der Waals surface area contributed by atoms with Crippen LogP contribution in [0.4, 0.5) is 0 Å². The number of pyridine rings is 1. The van der Waals surface area contributed by atoms with E-state index < -0.39 is 0 Å². The number of benzene rings is 2. The van der Waals surface area contributed by atoms with Crippen LogP contribution in [0.1, 0.15) is 31.9 Å². The van der Waals surface area contributed by atoms with Crippen molar-refractivity contribution in [3.63, 3.8) is 0 Å². The van der Waals surface area contributed by atoms with E-state index in [0.29, 0.717) is 28.4 Å². The van der Waals surface area contributed by atoms with Crippen LogP contribution in [0.2, 0.25) is 0 Å². The van der Waals surface area contributed by atoms with Gasteiger partial charge in [-0.1, -0.05) is 60.3 Å². The third kappa shape index (κ3) is 5.20. The molecule has 4 rings (SSSR count). The normalized spacial score (nSPS) is 11.5. The molecule has 0 saturated heterocycles. The first-order valence-electron chi connectivity index (χ1n) is 11.2. The third-order valence-corrected chi connectivity index (χ3v) is 6.41. The molecule has 0 aliphatic heterocycles. The molecule has 1 amide bonds. The summed E-state index contributed by atoms with van der Waals surface area (Å²) in [4.78, 5) is 37.8. The first kappa shape index (κ1) is 23.7. The van der Waals surface area contributed by atoms with Crippen LogP contribution < -0.4 is 5.56 Å². The number of thioether (sulfide) groups is 1. The lowest BCUT2D eigenvalue weighted by molar-refractivity contribution is -0.133. The van der Waals surface area contributed by atoms with E-state index >= 15 is 0 Å². The van der Waals surface area contributed by atoms with E-state index in [1.54, 1.807) is 18.3 Å². The Morgan fingerprint density at radius 3 is 2.38 bits per heavy atom. The molecule has 0 atom stereocenters. The van der Waals surface area contributed by atoms with Gasteiger partial charge in [0, 0.05) is 18.3 Å². The van der Waals surface area contributed by atoms with Crippen molar-refractivity contribution in [1.82, 2.24) is 19.4 Å². The second-order valence-electron chi connectivity index (χ2n) is 9.17. The molecule has 6 nitrogen and oxygen atoms in total. The van der Waals surface area contributed by atoms with Crippen LogP contribution in [0, 0.1) is 6.92 Å². The first-order chi connectivity index (χ1) is 16.2. The second-order valence-corrected chi connectivity index (χ2v) is 10.1. The molecule has 0 radical (unpaired) electrons. The van der Waals surface area contributed by atoms with Crippen molar-refractivity contribution < 1.29 is 4.79 Å². The molecule has 0 N–H and O–H groups in total. The fraction of sp³-hybridized carbons (Fsp3) is 0.259. The van der Waals surface area contributed by atoms with Crippen LogP contribution in [-0.2, 0) is 11.3 Å². The summed E-state index contributed by atoms with van der Waals surface area (Å²) >= 11 is 1.26. The fourth-order valence-corrected chi connectivity index (χ4v) is 4.55. The minimum absolute atomic E-state index is 0.0211. The van der Waals surface area contributed by atoms with Crippen LogP contribution in [0.15, 0.2) is 82.9 Å². The fourth-order valence-electron chi connectivity index (χ4n) is 3.67. The summed E-state index contributed by atoms with van der Waals surface area (Å²) in [6, 6.07) is 20.9. The highest BCUT2D eigenvalue weighted by atomic mass is 32.2. The number of aryl methyl sites for hydroxylation is 1. The Labute approximate surface area is 203 Å². The van der Waals surface area contributed by atoms with E-state index in [1.807, 2.05) is 87.2 Å². The Kier molecular flexibility index (Phi) is 6.84. The van der Waals surface area contributed by atoms with Gasteiger partial charge in [0.1, 0.15) is 5.82 Å². The zero-order valence-corrected chi connectivity index (χ0v) is 20.7.